The molecule has 8 heteroatoms. The molecule has 1 aromatic carbocycles. The largest absolute Gasteiger partial charge is 0.299 e. The van der Waals surface area contributed by atoms with Crippen molar-refractivity contribution < 1.29 is 13.2 Å². The molecule has 3 rings (SSSR count). The van der Waals surface area contributed by atoms with Crippen LogP contribution in [0.25, 0.3) is 0 Å². The number of aromatic nitrogens is 2. The molecule has 1 heterocycles. The number of carbonyl (C=O) groups is 1. The number of hydrogen-bond acceptors (Lipinski definition) is 6. The highest BCUT2D eigenvalue weighted by Gasteiger charge is 2.53. The van der Waals surface area contributed by atoms with Gasteiger partial charge in [0.2, 0.25) is 11.0 Å². The predicted octanol–water partition coefficient (Wildman–Crippen LogP) is 4.08. The average molecular weight is 422 g/mol. The van der Waals surface area contributed by atoms with Crippen LogP contribution >= 0.6 is 11.3 Å². The number of rotatable bonds is 6. The molecule has 1 aliphatic rings. The Bertz CT molecular complexity index is 974. The van der Waals surface area contributed by atoms with Gasteiger partial charge < -0.3 is 0 Å². The van der Waals surface area contributed by atoms with Crippen LogP contribution in [0, 0.1) is 19.8 Å². The topological polar surface area (TPSA) is 89.0 Å². The van der Waals surface area contributed by atoms with Crippen LogP contribution in [0.5, 0.6) is 0 Å². The van der Waals surface area contributed by atoms with Crippen LogP contribution in [0.3, 0.4) is 0 Å². The van der Waals surface area contributed by atoms with Gasteiger partial charge in [0.15, 0.2) is 14.6 Å². The van der Waals surface area contributed by atoms with Crippen molar-refractivity contribution in [3.05, 3.63) is 34.3 Å². The fourth-order valence-corrected chi connectivity index (χ4v) is 7.04. The van der Waals surface area contributed by atoms with E-state index in [9.17, 15) is 13.2 Å². The number of aryl methyl sites for hydroxylation is 2. The van der Waals surface area contributed by atoms with Crippen LogP contribution in [0.4, 0.5) is 5.13 Å². The van der Waals surface area contributed by atoms with E-state index in [-0.39, 0.29) is 4.90 Å². The van der Waals surface area contributed by atoms with E-state index in [1.807, 2.05) is 13.0 Å². The number of hydrogen-bond donors (Lipinski definition) is 1. The zero-order valence-corrected chi connectivity index (χ0v) is 18.4. The third-order valence-corrected chi connectivity index (χ3v) is 8.75. The molecule has 1 aromatic heterocycles. The maximum atomic E-state index is 13.6. The Morgan fingerprint density at radius 3 is 2.54 bits per heavy atom. The summed E-state index contributed by atoms with van der Waals surface area (Å²) in [6.45, 7) is 7.81. The minimum atomic E-state index is -3.84. The van der Waals surface area contributed by atoms with Crippen LogP contribution in [0.2, 0.25) is 0 Å². The molecule has 28 heavy (non-hydrogen) atoms. The Labute approximate surface area is 170 Å². The fraction of sp³-hybridized carbons (Fsp3) is 0.550. The lowest BCUT2D eigenvalue weighted by Crippen LogP contribution is -2.47. The minimum absolute atomic E-state index is 0.252. The molecule has 1 fully saturated rings. The van der Waals surface area contributed by atoms with E-state index in [2.05, 4.69) is 29.4 Å². The van der Waals surface area contributed by atoms with Crippen LogP contribution in [0.15, 0.2) is 23.1 Å². The minimum Gasteiger partial charge on any atom is -0.299 e. The second kappa shape index (κ2) is 7.91. The summed E-state index contributed by atoms with van der Waals surface area (Å²) in [6, 6.07) is 5.35. The van der Waals surface area contributed by atoms with Gasteiger partial charge in [0, 0.05) is 6.42 Å². The standard InChI is InChI=1S/C20H27N3O3S2/c1-13(2)11-17-22-23-19(27-17)21-18(24)20(9-5-6-10-20)28(25,26)16-12-14(3)7-8-15(16)4/h7-8,12-13H,5-6,9-11H2,1-4H3,(H,21,23,24). The lowest BCUT2D eigenvalue weighted by Gasteiger charge is -2.28. The van der Waals surface area contributed by atoms with E-state index in [0.29, 0.717) is 42.3 Å². The van der Waals surface area contributed by atoms with Gasteiger partial charge in [-0.05, 0) is 49.8 Å². The Balaban J connectivity index is 1.94. The molecule has 0 radical (unpaired) electrons. The second-order valence-electron chi connectivity index (χ2n) is 8.03. The summed E-state index contributed by atoms with van der Waals surface area (Å²) in [4.78, 5) is 13.5. The van der Waals surface area contributed by atoms with Gasteiger partial charge in [-0.2, -0.15) is 0 Å². The molecular weight excluding hydrogens is 394 g/mol. The normalized spacial score (nSPS) is 16.5. The van der Waals surface area contributed by atoms with Crippen molar-refractivity contribution >= 4 is 32.2 Å². The molecule has 152 valence electrons. The number of amides is 1. The first-order valence-corrected chi connectivity index (χ1v) is 11.9. The molecule has 1 aliphatic carbocycles. The van der Waals surface area contributed by atoms with Crippen molar-refractivity contribution in [2.24, 2.45) is 5.92 Å². The van der Waals surface area contributed by atoms with Crippen LogP contribution < -0.4 is 5.32 Å². The van der Waals surface area contributed by atoms with E-state index in [0.717, 1.165) is 17.0 Å². The first kappa shape index (κ1) is 20.9. The lowest BCUT2D eigenvalue weighted by atomic mass is 10.1. The third-order valence-electron chi connectivity index (χ3n) is 5.24. The quantitative estimate of drug-likeness (QED) is 0.759. The molecule has 0 aliphatic heterocycles. The highest BCUT2D eigenvalue weighted by Crippen LogP contribution is 2.42. The summed E-state index contributed by atoms with van der Waals surface area (Å²) in [5.41, 5.74) is 1.53. The summed E-state index contributed by atoms with van der Waals surface area (Å²) in [5.74, 6) is -0.0551. The number of nitrogens with one attached hydrogen (secondary N) is 1. The number of benzene rings is 1. The van der Waals surface area contributed by atoms with Crippen molar-refractivity contribution in [1.29, 1.82) is 0 Å². The smallest absolute Gasteiger partial charge is 0.248 e. The van der Waals surface area contributed by atoms with Gasteiger partial charge in [-0.15, -0.1) is 10.2 Å². The molecule has 1 N–H and O–H groups in total. The molecule has 0 saturated heterocycles. The first-order valence-electron chi connectivity index (χ1n) is 9.61. The molecule has 0 unspecified atom stereocenters. The van der Waals surface area contributed by atoms with Crippen molar-refractivity contribution in [3.8, 4) is 0 Å². The highest BCUT2D eigenvalue weighted by atomic mass is 32.2. The number of nitrogens with zero attached hydrogens (tertiary/aromatic N) is 2. The summed E-state index contributed by atoms with van der Waals surface area (Å²) in [5, 5.41) is 12.1. The summed E-state index contributed by atoms with van der Waals surface area (Å²) >= 11 is 1.31. The summed E-state index contributed by atoms with van der Waals surface area (Å²) in [6.07, 6.45) is 2.86. The number of sulfone groups is 1. The Morgan fingerprint density at radius 1 is 1.21 bits per heavy atom. The SMILES string of the molecule is Cc1ccc(C)c(S(=O)(=O)C2(C(=O)Nc3nnc(CC(C)C)s3)CCCC2)c1. The molecular formula is C20H27N3O3S2. The molecule has 1 amide bonds. The highest BCUT2D eigenvalue weighted by molar-refractivity contribution is 7.93. The molecule has 6 nitrogen and oxygen atoms in total. The summed E-state index contributed by atoms with van der Waals surface area (Å²) < 4.78 is 25.8. The van der Waals surface area contributed by atoms with Crippen molar-refractivity contribution in [1.82, 2.24) is 10.2 Å². The van der Waals surface area contributed by atoms with Crippen LogP contribution in [0.1, 0.15) is 55.7 Å². The zero-order chi connectivity index (χ0) is 20.5. The van der Waals surface area contributed by atoms with Crippen LogP contribution in [-0.2, 0) is 21.1 Å². The van der Waals surface area contributed by atoms with Crippen LogP contribution in [-0.4, -0.2) is 29.3 Å². The lowest BCUT2D eigenvalue weighted by molar-refractivity contribution is -0.118. The average Bonchev–Trinajstić information content (AvgIpc) is 3.27. The van der Waals surface area contributed by atoms with Gasteiger partial charge in [0.05, 0.1) is 4.90 Å². The monoisotopic (exact) mass is 421 g/mol. The van der Waals surface area contributed by atoms with Gasteiger partial charge in [-0.3, -0.25) is 10.1 Å². The van der Waals surface area contributed by atoms with E-state index < -0.39 is 20.5 Å². The Hall–Kier alpha value is -1.80. The molecule has 2 aromatic rings. The van der Waals surface area contributed by atoms with E-state index in [4.69, 9.17) is 0 Å². The molecule has 0 bridgehead atoms. The maximum absolute atomic E-state index is 13.6. The zero-order valence-electron chi connectivity index (χ0n) is 16.8. The predicted molar refractivity (Wildman–Crippen MR) is 111 cm³/mol. The Kier molecular flexibility index (Phi) is 5.91. The van der Waals surface area contributed by atoms with Gasteiger partial charge in [-0.1, -0.05) is 50.2 Å². The number of anilines is 1. The first-order chi connectivity index (χ1) is 13.2. The van der Waals surface area contributed by atoms with Gasteiger partial charge in [0.25, 0.3) is 0 Å². The summed E-state index contributed by atoms with van der Waals surface area (Å²) in [7, 11) is -3.84. The van der Waals surface area contributed by atoms with Crippen molar-refractivity contribution in [2.45, 2.75) is 69.4 Å². The molecule has 0 spiro atoms. The maximum Gasteiger partial charge on any atom is 0.248 e. The second-order valence-corrected chi connectivity index (χ2v) is 11.3. The molecule has 1 saturated carbocycles. The van der Waals surface area contributed by atoms with Gasteiger partial charge in [-0.25, -0.2) is 8.42 Å². The van der Waals surface area contributed by atoms with Gasteiger partial charge >= 0.3 is 0 Å². The van der Waals surface area contributed by atoms with Gasteiger partial charge in [0.1, 0.15) is 5.01 Å². The Morgan fingerprint density at radius 2 is 1.89 bits per heavy atom. The fourth-order valence-electron chi connectivity index (χ4n) is 3.72. The van der Waals surface area contributed by atoms with Crippen molar-refractivity contribution in [2.75, 3.05) is 5.32 Å². The number of carbonyl (C=O) groups excluding carboxylic acids is 1. The third kappa shape index (κ3) is 3.85. The molecule has 0 atom stereocenters. The van der Waals surface area contributed by atoms with E-state index in [1.165, 1.54) is 11.3 Å². The van der Waals surface area contributed by atoms with Crippen molar-refractivity contribution in [3.63, 3.8) is 0 Å². The van der Waals surface area contributed by atoms with E-state index in [1.54, 1.807) is 19.1 Å². The van der Waals surface area contributed by atoms with E-state index >= 15 is 0 Å².